The lowest BCUT2D eigenvalue weighted by molar-refractivity contribution is 0.128. The number of hydrogen-bond donors (Lipinski definition) is 1. The number of ether oxygens (including phenoxy) is 1. The van der Waals surface area contributed by atoms with E-state index < -0.39 is 0 Å². The van der Waals surface area contributed by atoms with E-state index in [2.05, 4.69) is 29.4 Å². The molecule has 0 spiro atoms. The number of pyridine rings is 1. The van der Waals surface area contributed by atoms with Crippen molar-refractivity contribution in [1.82, 2.24) is 4.98 Å². The summed E-state index contributed by atoms with van der Waals surface area (Å²) in [5.41, 5.74) is 2.18. The van der Waals surface area contributed by atoms with Gasteiger partial charge >= 0.3 is 0 Å². The highest BCUT2D eigenvalue weighted by Crippen LogP contribution is 2.19. The first kappa shape index (κ1) is 11.9. The molecule has 2 aromatic rings. The van der Waals surface area contributed by atoms with Gasteiger partial charge in [0.1, 0.15) is 5.82 Å². The summed E-state index contributed by atoms with van der Waals surface area (Å²) >= 11 is 0. The average Bonchev–Trinajstić information content (AvgIpc) is 2.35. The SMILES string of the molecule is COC(C)CNc1nc2ccccc2cc1C. The quantitative estimate of drug-likeness (QED) is 0.876. The molecule has 0 saturated heterocycles. The van der Waals surface area contributed by atoms with Crippen molar-refractivity contribution in [2.75, 3.05) is 19.0 Å². The van der Waals surface area contributed by atoms with E-state index in [1.807, 2.05) is 25.1 Å². The fourth-order valence-electron chi connectivity index (χ4n) is 1.72. The van der Waals surface area contributed by atoms with Crippen molar-refractivity contribution in [2.45, 2.75) is 20.0 Å². The predicted octanol–water partition coefficient (Wildman–Crippen LogP) is 2.99. The molecule has 0 aliphatic heterocycles. The summed E-state index contributed by atoms with van der Waals surface area (Å²) in [6, 6.07) is 10.3. The number of aromatic nitrogens is 1. The normalized spacial score (nSPS) is 12.6. The number of hydrogen-bond acceptors (Lipinski definition) is 3. The topological polar surface area (TPSA) is 34.1 Å². The van der Waals surface area contributed by atoms with E-state index in [1.165, 1.54) is 5.39 Å². The monoisotopic (exact) mass is 230 g/mol. The highest BCUT2D eigenvalue weighted by molar-refractivity contribution is 5.81. The van der Waals surface area contributed by atoms with E-state index >= 15 is 0 Å². The number of methoxy groups -OCH3 is 1. The van der Waals surface area contributed by atoms with Gasteiger partial charge in [-0.15, -0.1) is 0 Å². The molecule has 0 saturated carbocycles. The highest BCUT2D eigenvalue weighted by atomic mass is 16.5. The van der Waals surface area contributed by atoms with Crippen molar-refractivity contribution in [3.05, 3.63) is 35.9 Å². The van der Waals surface area contributed by atoms with Gasteiger partial charge in [0.25, 0.3) is 0 Å². The Balaban J connectivity index is 2.25. The Bertz CT molecular complexity index is 511. The van der Waals surface area contributed by atoms with Crippen LogP contribution in [0.3, 0.4) is 0 Å². The number of aryl methyl sites for hydroxylation is 1. The smallest absolute Gasteiger partial charge is 0.129 e. The molecule has 90 valence electrons. The van der Waals surface area contributed by atoms with Crippen LogP contribution in [0.15, 0.2) is 30.3 Å². The number of para-hydroxylation sites is 1. The lowest BCUT2D eigenvalue weighted by atomic mass is 10.1. The van der Waals surface area contributed by atoms with Crippen LogP contribution in [0.5, 0.6) is 0 Å². The summed E-state index contributed by atoms with van der Waals surface area (Å²) in [4.78, 5) is 4.61. The molecule has 0 bridgehead atoms. The number of benzene rings is 1. The minimum Gasteiger partial charge on any atom is -0.380 e. The standard InChI is InChI=1S/C14H18N2O/c1-10-8-12-6-4-5-7-13(12)16-14(10)15-9-11(2)17-3/h4-8,11H,9H2,1-3H3,(H,15,16). The third kappa shape index (κ3) is 2.74. The fourth-order valence-corrected chi connectivity index (χ4v) is 1.72. The highest BCUT2D eigenvalue weighted by Gasteiger charge is 2.04. The predicted molar refractivity (Wildman–Crippen MR) is 71.4 cm³/mol. The lowest BCUT2D eigenvalue weighted by Gasteiger charge is -2.13. The molecule has 1 aromatic heterocycles. The Labute approximate surface area is 102 Å². The maximum Gasteiger partial charge on any atom is 0.129 e. The van der Waals surface area contributed by atoms with E-state index in [-0.39, 0.29) is 6.10 Å². The van der Waals surface area contributed by atoms with Crippen molar-refractivity contribution in [1.29, 1.82) is 0 Å². The summed E-state index contributed by atoms with van der Waals surface area (Å²) in [5, 5.41) is 4.50. The van der Waals surface area contributed by atoms with Crippen LogP contribution in [0.1, 0.15) is 12.5 Å². The van der Waals surface area contributed by atoms with Crippen LogP contribution in [0.2, 0.25) is 0 Å². The van der Waals surface area contributed by atoms with Crippen molar-refractivity contribution in [3.63, 3.8) is 0 Å². The van der Waals surface area contributed by atoms with Gasteiger partial charge in [0.2, 0.25) is 0 Å². The third-order valence-corrected chi connectivity index (χ3v) is 2.87. The summed E-state index contributed by atoms with van der Waals surface area (Å²) in [5.74, 6) is 0.938. The summed E-state index contributed by atoms with van der Waals surface area (Å²) in [7, 11) is 1.72. The lowest BCUT2D eigenvalue weighted by Crippen LogP contribution is -2.19. The van der Waals surface area contributed by atoms with Gasteiger partial charge in [-0.2, -0.15) is 0 Å². The van der Waals surface area contributed by atoms with Gasteiger partial charge in [-0.25, -0.2) is 4.98 Å². The Hall–Kier alpha value is -1.61. The fraction of sp³-hybridized carbons (Fsp3) is 0.357. The average molecular weight is 230 g/mol. The summed E-state index contributed by atoms with van der Waals surface area (Å²) < 4.78 is 5.21. The van der Waals surface area contributed by atoms with Crippen LogP contribution in [-0.4, -0.2) is 24.7 Å². The van der Waals surface area contributed by atoms with Gasteiger partial charge in [-0.1, -0.05) is 18.2 Å². The molecule has 3 nitrogen and oxygen atoms in total. The second-order valence-electron chi connectivity index (χ2n) is 4.27. The minimum absolute atomic E-state index is 0.183. The molecule has 2 rings (SSSR count). The third-order valence-electron chi connectivity index (χ3n) is 2.87. The zero-order valence-electron chi connectivity index (χ0n) is 10.5. The van der Waals surface area contributed by atoms with Crippen LogP contribution in [0.25, 0.3) is 10.9 Å². The van der Waals surface area contributed by atoms with Crippen molar-refractivity contribution >= 4 is 16.7 Å². The first-order valence-electron chi connectivity index (χ1n) is 5.84. The van der Waals surface area contributed by atoms with E-state index in [9.17, 15) is 0 Å². The van der Waals surface area contributed by atoms with Gasteiger partial charge in [0, 0.05) is 19.0 Å². The zero-order valence-corrected chi connectivity index (χ0v) is 10.5. The van der Waals surface area contributed by atoms with Crippen molar-refractivity contribution < 1.29 is 4.74 Å². The molecular formula is C14H18N2O. The molecule has 0 aliphatic carbocycles. The molecule has 17 heavy (non-hydrogen) atoms. The Kier molecular flexibility index (Phi) is 3.59. The molecule has 0 amide bonds. The number of anilines is 1. The molecule has 1 N–H and O–H groups in total. The summed E-state index contributed by atoms with van der Waals surface area (Å²) in [6.45, 7) is 4.87. The Morgan fingerprint density at radius 1 is 1.35 bits per heavy atom. The second-order valence-corrected chi connectivity index (χ2v) is 4.27. The van der Waals surface area contributed by atoms with Crippen LogP contribution in [-0.2, 0) is 4.74 Å². The molecular weight excluding hydrogens is 212 g/mol. The second kappa shape index (κ2) is 5.15. The van der Waals surface area contributed by atoms with Crippen LogP contribution in [0, 0.1) is 6.92 Å². The number of fused-ring (bicyclic) bond motifs is 1. The largest absolute Gasteiger partial charge is 0.380 e. The number of nitrogens with one attached hydrogen (secondary N) is 1. The molecule has 0 aliphatic rings. The molecule has 1 atom stereocenters. The number of nitrogens with zero attached hydrogens (tertiary/aromatic N) is 1. The summed E-state index contributed by atoms with van der Waals surface area (Å²) in [6.07, 6.45) is 0.183. The minimum atomic E-state index is 0.183. The zero-order chi connectivity index (χ0) is 12.3. The molecule has 1 unspecified atom stereocenters. The van der Waals surface area contributed by atoms with Crippen LogP contribution in [0.4, 0.5) is 5.82 Å². The first-order valence-corrected chi connectivity index (χ1v) is 5.84. The molecule has 3 heteroatoms. The van der Waals surface area contributed by atoms with Crippen LogP contribution < -0.4 is 5.32 Å². The van der Waals surface area contributed by atoms with E-state index in [0.29, 0.717) is 0 Å². The maximum absolute atomic E-state index is 5.21. The molecule has 0 fully saturated rings. The number of rotatable bonds is 4. The van der Waals surface area contributed by atoms with Gasteiger partial charge in [0.05, 0.1) is 11.6 Å². The van der Waals surface area contributed by atoms with Gasteiger partial charge in [-0.05, 0) is 31.5 Å². The van der Waals surface area contributed by atoms with Crippen molar-refractivity contribution in [3.8, 4) is 0 Å². The Morgan fingerprint density at radius 3 is 2.88 bits per heavy atom. The Morgan fingerprint density at radius 2 is 2.12 bits per heavy atom. The van der Waals surface area contributed by atoms with Crippen LogP contribution >= 0.6 is 0 Å². The van der Waals surface area contributed by atoms with Gasteiger partial charge in [-0.3, -0.25) is 0 Å². The van der Waals surface area contributed by atoms with Crippen molar-refractivity contribution in [2.24, 2.45) is 0 Å². The molecule has 1 heterocycles. The molecule has 1 aromatic carbocycles. The first-order chi connectivity index (χ1) is 8.20. The van der Waals surface area contributed by atoms with Gasteiger partial charge in [0.15, 0.2) is 0 Å². The van der Waals surface area contributed by atoms with E-state index in [0.717, 1.165) is 23.4 Å². The van der Waals surface area contributed by atoms with E-state index in [4.69, 9.17) is 4.74 Å². The maximum atomic E-state index is 5.21. The molecule has 0 radical (unpaired) electrons. The van der Waals surface area contributed by atoms with E-state index in [1.54, 1.807) is 7.11 Å². The van der Waals surface area contributed by atoms with Gasteiger partial charge < -0.3 is 10.1 Å².